The van der Waals surface area contributed by atoms with E-state index in [-0.39, 0.29) is 24.0 Å². The van der Waals surface area contributed by atoms with Crippen molar-refractivity contribution in [3.63, 3.8) is 0 Å². The number of hydrogen-bond donors (Lipinski definition) is 2. The molecule has 2 aliphatic rings. The van der Waals surface area contributed by atoms with Crippen molar-refractivity contribution >= 4 is 5.91 Å². The number of carbonyl (C=O) groups excluding carboxylic acids is 1. The van der Waals surface area contributed by atoms with Crippen LogP contribution in [0, 0.1) is 12.8 Å². The summed E-state index contributed by atoms with van der Waals surface area (Å²) in [6, 6.07) is 15.8. The van der Waals surface area contributed by atoms with Gasteiger partial charge in [-0.2, -0.15) is 0 Å². The Morgan fingerprint density at radius 1 is 1.11 bits per heavy atom. The van der Waals surface area contributed by atoms with E-state index in [9.17, 15) is 4.79 Å². The predicted molar refractivity (Wildman–Crippen MR) is 103 cm³/mol. The van der Waals surface area contributed by atoms with Gasteiger partial charge in [0.15, 0.2) is 0 Å². The molecule has 4 rings (SSSR count). The monoisotopic (exact) mass is 367 g/mol. The van der Waals surface area contributed by atoms with Crippen molar-refractivity contribution in [3.05, 3.63) is 59.7 Å². The average molecular weight is 367 g/mol. The Kier molecular flexibility index (Phi) is 5.01. The van der Waals surface area contributed by atoms with E-state index in [1.54, 1.807) is 7.11 Å². The first-order valence-corrected chi connectivity index (χ1v) is 9.28. The molecule has 6 nitrogen and oxygen atoms in total. The molecular formula is C21H25N3O3. The number of methoxy groups -OCH3 is 1. The van der Waals surface area contributed by atoms with Gasteiger partial charge in [-0.1, -0.05) is 24.3 Å². The van der Waals surface area contributed by atoms with E-state index in [0.717, 1.165) is 17.1 Å². The maximum atomic E-state index is 13.0. The molecule has 2 aliphatic heterocycles. The van der Waals surface area contributed by atoms with E-state index < -0.39 is 0 Å². The summed E-state index contributed by atoms with van der Waals surface area (Å²) in [7, 11) is 1.65. The average Bonchev–Trinajstić information content (AvgIpc) is 3.14. The summed E-state index contributed by atoms with van der Waals surface area (Å²) >= 11 is 0. The van der Waals surface area contributed by atoms with Crippen molar-refractivity contribution < 1.29 is 14.3 Å². The van der Waals surface area contributed by atoms with Gasteiger partial charge in [0.25, 0.3) is 0 Å². The van der Waals surface area contributed by atoms with Gasteiger partial charge in [-0.3, -0.25) is 10.2 Å². The van der Waals surface area contributed by atoms with Gasteiger partial charge in [0.05, 0.1) is 32.2 Å². The molecule has 6 heteroatoms. The second kappa shape index (κ2) is 7.58. The second-order valence-electron chi connectivity index (χ2n) is 7.19. The maximum absolute atomic E-state index is 13.0. The fourth-order valence-electron chi connectivity index (χ4n) is 3.69. The lowest BCUT2D eigenvalue weighted by Gasteiger charge is -2.40. The molecule has 2 saturated heterocycles. The molecule has 2 atom stereocenters. The Balaban J connectivity index is 1.37. The Bertz CT molecular complexity index is 820. The minimum Gasteiger partial charge on any atom is -0.497 e. The van der Waals surface area contributed by atoms with Gasteiger partial charge < -0.3 is 14.4 Å². The standard InChI is InChI=1S/C21H25N3O3/c1-14-5-3-8-17(9-14)27-18-12-24(13-18)21(25)19-11-22-23-20(19)15-6-4-7-16(10-15)26-2/h3-10,18-20,22-23H,11-13H2,1-2H3. The van der Waals surface area contributed by atoms with Crippen LogP contribution in [0.15, 0.2) is 48.5 Å². The summed E-state index contributed by atoms with van der Waals surface area (Å²) in [4.78, 5) is 14.9. The van der Waals surface area contributed by atoms with Gasteiger partial charge in [0, 0.05) is 6.54 Å². The van der Waals surface area contributed by atoms with Crippen molar-refractivity contribution in [1.82, 2.24) is 15.8 Å². The third kappa shape index (κ3) is 3.77. The van der Waals surface area contributed by atoms with Crippen LogP contribution < -0.4 is 20.3 Å². The number of hydrogen-bond acceptors (Lipinski definition) is 5. The van der Waals surface area contributed by atoms with Crippen molar-refractivity contribution in [2.75, 3.05) is 26.7 Å². The third-order valence-electron chi connectivity index (χ3n) is 5.20. The number of ether oxygens (including phenoxy) is 2. The highest BCUT2D eigenvalue weighted by Crippen LogP contribution is 2.30. The number of nitrogens with one attached hydrogen (secondary N) is 2. The highest BCUT2D eigenvalue weighted by Gasteiger charge is 2.41. The largest absolute Gasteiger partial charge is 0.497 e. The molecule has 0 bridgehead atoms. The lowest BCUT2D eigenvalue weighted by atomic mass is 9.92. The minimum atomic E-state index is -0.142. The molecule has 0 aliphatic carbocycles. The van der Waals surface area contributed by atoms with Crippen LogP contribution in [0.1, 0.15) is 17.2 Å². The Hall–Kier alpha value is -2.57. The van der Waals surface area contributed by atoms with Crippen molar-refractivity contribution in [2.45, 2.75) is 19.1 Å². The summed E-state index contributed by atoms with van der Waals surface area (Å²) in [6.45, 7) is 3.92. The molecule has 27 heavy (non-hydrogen) atoms. The molecule has 2 unspecified atom stereocenters. The lowest BCUT2D eigenvalue weighted by molar-refractivity contribution is -0.144. The van der Waals surface area contributed by atoms with E-state index in [0.29, 0.717) is 19.6 Å². The van der Waals surface area contributed by atoms with Crippen LogP contribution in [0.2, 0.25) is 0 Å². The molecule has 0 spiro atoms. The van der Waals surface area contributed by atoms with Gasteiger partial charge in [-0.15, -0.1) is 0 Å². The number of benzene rings is 2. The highest BCUT2D eigenvalue weighted by atomic mass is 16.5. The Morgan fingerprint density at radius 2 is 1.89 bits per heavy atom. The van der Waals surface area contributed by atoms with E-state index >= 15 is 0 Å². The summed E-state index contributed by atoms with van der Waals surface area (Å²) in [6.07, 6.45) is 0.0633. The second-order valence-corrected chi connectivity index (χ2v) is 7.19. The smallest absolute Gasteiger partial charge is 0.229 e. The van der Waals surface area contributed by atoms with Gasteiger partial charge >= 0.3 is 0 Å². The zero-order valence-corrected chi connectivity index (χ0v) is 15.6. The van der Waals surface area contributed by atoms with Crippen LogP contribution in [-0.2, 0) is 4.79 Å². The van der Waals surface area contributed by atoms with E-state index in [1.807, 2.05) is 60.4 Å². The Labute approximate surface area is 159 Å². The highest BCUT2D eigenvalue weighted by molar-refractivity contribution is 5.81. The van der Waals surface area contributed by atoms with Gasteiger partial charge in [-0.05, 0) is 42.3 Å². The molecule has 0 saturated carbocycles. The summed E-state index contributed by atoms with van der Waals surface area (Å²) in [5.74, 6) is 1.68. The Morgan fingerprint density at radius 3 is 2.67 bits per heavy atom. The molecule has 2 heterocycles. The SMILES string of the molecule is COc1cccc(C2NNCC2C(=O)N2CC(Oc3cccc(C)c3)C2)c1. The molecule has 2 aromatic rings. The number of rotatable bonds is 5. The molecule has 1 amide bonds. The number of amides is 1. The molecule has 2 aromatic carbocycles. The van der Waals surface area contributed by atoms with Crippen molar-refractivity contribution in [2.24, 2.45) is 5.92 Å². The van der Waals surface area contributed by atoms with Gasteiger partial charge in [-0.25, -0.2) is 5.43 Å². The first-order valence-electron chi connectivity index (χ1n) is 9.28. The van der Waals surface area contributed by atoms with E-state index in [4.69, 9.17) is 9.47 Å². The number of nitrogens with zero attached hydrogens (tertiary/aromatic N) is 1. The first-order chi connectivity index (χ1) is 13.1. The van der Waals surface area contributed by atoms with Crippen LogP contribution >= 0.6 is 0 Å². The van der Waals surface area contributed by atoms with Crippen LogP contribution in [0.25, 0.3) is 0 Å². The normalized spacial score (nSPS) is 22.4. The fourth-order valence-corrected chi connectivity index (χ4v) is 3.69. The van der Waals surface area contributed by atoms with Crippen LogP contribution in [0.5, 0.6) is 11.5 Å². The van der Waals surface area contributed by atoms with Crippen molar-refractivity contribution in [1.29, 1.82) is 0 Å². The fraction of sp³-hybridized carbons (Fsp3) is 0.381. The molecule has 2 fully saturated rings. The van der Waals surface area contributed by atoms with Crippen LogP contribution in [-0.4, -0.2) is 43.7 Å². The van der Waals surface area contributed by atoms with Crippen LogP contribution in [0.3, 0.4) is 0 Å². The molecule has 0 radical (unpaired) electrons. The first kappa shape index (κ1) is 17.8. The van der Waals surface area contributed by atoms with Crippen molar-refractivity contribution in [3.8, 4) is 11.5 Å². The lowest BCUT2D eigenvalue weighted by Crippen LogP contribution is -2.58. The summed E-state index contributed by atoms with van der Waals surface area (Å²) in [5.41, 5.74) is 8.58. The predicted octanol–water partition coefficient (Wildman–Crippen LogP) is 2.06. The maximum Gasteiger partial charge on any atom is 0.229 e. The molecule has 0 aromatic heterocycles. The number of likely N-dealkylation sites (tertiary alicyclic amines) is 1. The third-order valence-corrected chi connectivity index (χ3v) is 5.20. The van der Waals surface area contributed by atoms with Gasteiger partial charge in [0.1, 0.15) is 17.6 Å². The van der Waals surface area contributed by atoms with Crippen LogP contribution in [0.4, 0.5) is 0 Å². The topological polar surface area (TPSA) is 62.8 Å². The van der Waals surface area contributed by atoms with E-state index in [2.05, 4.69) is 10.9 Å². The zero-order chi connectivity index (χ0) is 18.8. The quantitative estimate of drug-likeness (QED) is 0.847. The molecule has 142 valence electrons. The zero-order valence-electron chi connectivity index (χ0n) is 15.6. The number of aryl methyl sites for hydroxylation is 1. The minimum absolute atomic E-state index is 0.0633. The van der Waals surface area contributed by atoms with E-state index in [1.165, 1.54) is 5.56 Å². The summed E-state index contributed by atoms with van der Waals surface area (Å²) in [5, 5.41) is 0. The number of hydrazine groups is 1. The van der Waals surface area contributed by atoms with Gasteiger partial charge in [0.2, 0.25) is 5.91 Å². The molecular weight excluding hydrogens is 342 g/mol. The molecule has 2 N–H and O–H groups in total. The summed E-state index contributed by atoms with van der Waals surface area (Å²) < 4.78 is 11.3. The number of carbonyl (C=O) groups is 1.